The second-order valence-electron chi connectivity index (χ2n) is 7.49. The van der Waals surface area contributed by atoms with Gasteiger partial charge in [-0.1, -0.05) is 44.9 Å². The summed E-state index contributed by atoms with van der Waals surface area (Å²) in [5, 5.41) is 3.96. The van der Waals surface area contributed by atoms with Gasteiger partial charge < -0.3 is 10.1 Å². The molecule has 0 radical (unpaired) electrons. The largest absolute Gasteiger partial charge is 0.378 e. The van der Waals surface area contributed by atoms with Crippen molar-refractivity contribution in [3.63, 3.8) is 0 Å². The molecule has 0 aromatic rings. The van der Waals surface area contributed by atoms with E-state index >= 15 is 0 Å². The molecule has 3 aliphatic rings. The van der Waals surface area contributed by atoms with Gasteiger partial charge in [-0.3, -0.25) is 0 Å². The average molecular weight is 279 g/mol. The van der Waals surface area contributed by atoms with Crippen molar-refractivity contribution in [2.24, 2.45) is 17.8 Å². The fourth-order valence-electron chi connectivity index (χ4n) is 4.89. The number of hydrogen-bond acceptors (Lipinski definition) is 2. The summed E-state index contributed by atoms with van der Waals surface area (Å²) >= 11 is 0. The van der Waals surface area contributed by atoms with Crippen LogP contribution < -0.4 is 5.32 Å². The Labute approximate surface area is 125 Å². The Morgan fingerprint density at radius 1 is 0.900 bits per heavy atom. The van der Waals surface area contributed by atoms with Crippen LogP contribution in [-0.2, 0) is 4.74 Å². The molecule has 1 saturated heterocycles. The summed E-state index contributed by atoms with van der Waals surface area (Å²) < 4.78 is 5.71. The van der Waals surface area contributed by atoms with Gasteiger partial charge in [-0.05, 0) is 43.9 Å². The van der Waals surface area contributed by atoms with Crippen LogP contribution in [0.2, 0.25) is 0 Å². The maximum absolute atomic E-state index is 5.71. The summed E-state index contributed by atoms with van der Waals surface area (Å²) in [4.78, 5) is 0. The van der Waals surface area contributed by atoms with Gasteiger partial charge in [-0.15, -0.1) is 0 Å². The molecule has 0 aromatic heterocycles. The molecular weight excluding hydrogens is 246 g/mol. The van der Waals surface area contributed by atoms with Crippen molar-refractivity contribution in [1.29, 1.82) is 0 Å². The van der Waals surface area contributed by atoms with Gasteiger partial charge in [0.2, 0.25) is 0 Å². The number of rotatable bonds is 4. The topological polar surface area (TPSA) is 21.3 Å². The van der Waals surface area contributed by atoms with Crippen LogP contribution in [-0.4, -0.2) is 25.3 Å². The predicted molar refractivity (Wildman–Crippen MR) is 83.8 cm³/mol. The van der Waals surface area contributed by atoms with Gasteiger partial charge in [0.25, 0.3) is 0 Å². The fourth-order valence-corrected chi connectivity index (χ4v) is 4.89. The Morgan fingerprint density at radius 2 is 1.65 bits per heavy atom. The maximum atomic E-state index is 5.71. The third kappa shape index (κ3) is 3.57. The quantitative estimate of drug-likeness (QED) is 0.835. The van der Waals surface area contributed by atoms with E-state index in [0.29, 0.717) is 6.10 Å². The van der Waals surface area contributed by atoms with Crippen molar-refractivity contribution in [2.45, 2.75) is 83.3 Å². The van der Waals surface area contributed by atoms with E-state index in [0.717, 1.165) is 30.4 Å². The third-order valence-corrected chi connectivity index (χ3v) is 6.25. The van der Waals surface area contributed by atoms with Gasteiger partial charge in [-0.25, -0.2) is 0 Å². The van der Waals surface area contributed by atoms with Gasteiger partial charge in [0.1, 0.15) is 0 Å². The van der Waals surface area contributed by atoms with E-state index in [4.69, 9.17) is 4.74 Å². The molecule has 0 aromatic carbocycles. The Bertz CT molecular complexity index is 287. The van der Waals surface area contributed by atoms with E-state index in [1.807, 2.05) is 0 Å². The first-order chi connectivity index (χ1) is 9.84. The summed E-state index contributed by atoms with van der Waals surface area (Å²) in [6.07, 6.45) is 15.0. The highest BCUT2D eigenvalue weighted by atomic mass is 16.5. The molecular formula is C18H33NO. The van der Waals surface area contributed by atoms with E-state index in [2.05, 4.69) is 12.2 Å². The van der Waals surface area contributed by atoms with Crippen molar-refractivity contribution >= 4 is 0 Å². The summed E-state index contributed by atoms with van der Waals surface area (Å²) in [6, 6.07) is 0.805. The average Bonchev–Trinajstić information content (AvgIpc) is 2.92. The van der Waals surface area contributed by atoms with Crippen LogP contribution in [0.15, 0.2) is 0 Å². The lowest BCUT2D eigenvalue weighted by atomic mass is 9.71. The lowest BCUT2D eigenvalue weighted by Crippen LogP contribution is -2.44. The van der Waals surface area contributed by atoms with Gasteiger partial charge in [0, 0.05) is 19.2 Å². The van der Waals surface area contributed by atoms with Crippen LogP contribution >= 0.6 is 0 Å². The molecule has 0 amide bonds. The number of hydrogen-bond donors (Lipinski definition) is 1. The van der Waals surface area contributed by atoms with Crippen LogP contribution in [0.4, 0.5) is 0 Å². The monoisotopic (exact) mass is 279 g/mol. The van der Waals surface area contributed by atoms with Crippen LogP contribution in [0.5, 0.6) is 0 Å². The van der Waals surface area contributed by atoms with Crippen molar-refractivity contribution in [1.82, 2.24) is 5.32 Å². The molecule has 116 valence electrons. The van der Waals surface area contributed by atoms with Crippen LogP contribution in [0.1, 0.15) is 71.1 Å². The molecule has 1 N–H and O–H groups in total. The van der Waals surface area contributed by atoms with Crippen LogP contribution in [0.3, 0.4) is 0 Å². The molecule has 20 heavy (non-hydrogen) atoms. The molecule has 1 heterocycles. The molecule has 4 atom stereocenters. The van der Waals surface area contributed by atoms with Gasteiger partial charge >= 0.3 is 0 Å². The molecule has 3 rings (SSSR count). The summed E-state index contributed by atoms with van der Waals surface area (Å²) in [5.74, 6) is 2.75. The zero-order valence-electron chi connectivity index (χ0n) is 13.3. The second kappa shape index (κ2) is 7.26. The van der Waals surface area contributed by atoms with E-state index in [1.165, 1.54) is 70.8 Å². The van der Waals surface area contributed by atoms with E-state index < -0.39 is 0 Å². The molecule has 4 unspecified atom stereocenters. The Balaban J connectivity index is 1.52. The number of ether oxygens (including phenoxy) is 1. The van der Waals surface area contributed by atoms with Crippen LogP contribution in [0.25, 0.3) is 0 Å². The van der Waals surface area contributed by atoms with Crippen molar-refractivity contribution in [2.75, 3.05) is 13.2 Å². The molecule has 0 bridgehead atoms. The zero-order valence-corrected chi connectivity index (χ0v) is 13.3. The molecule has 2 saturated carbocycles. The Morgan fingerprint density at radius 3 is 2.40 bits per heavy atom. The van der Waals surface area contributed by atoms with E-state index in [9.17, 15) is 0 Å². The minimum atomic E-state index is 0.472. The first-order valence-electron chi connectivity index (χ1n) is 9.19. The van der Waals surface area contributed by atoms with Gasteiger partial charge in [0.05, 0.1) is 6.10 Å². The van der Waals surface area contributed by atoms with Gasteiger partial charge in [-0.2, -0.15) is 0 Å². The standard InChI is InChI=1S/C18H33NO/c1-14-16(11-12-20-14)13-19-18-10-6-5-9-17(18)15-7-3-2-4-8-15/h14-19H,2-13H2,1H3. The van der Waals surface area contributed by atoms with Crippen molar-refractivity contribution in [3.05, 3.63) is 0 Å². The van der Waals surface area contributed by atoms with Crippen molar-refractivity contribution < 1.29 is 4.74 Å². The van der Waals surface area contributed by atoms with Crippen LogP contribution in [0, 0.1) is 17.8 Å². The summed E-state index contributed by atoms with van der Waals surface area (Å²) in [7, 11) is 0. The fraction of sp³-hybridized carbons (Fsp3) is 1.00. The lowest BCUT2D eigenvalue weighted by molar-refractivity contribution is 0.0993. The molecule has 3 fully saturated rings. The zero-order chi connectivity index (χ0) is 13.8. The van der Waals surface area contributed by atoms with Crippen molar-refractivity contribution in [3.8, 4) is 0 Å². The molecule has 0 spiro atoms. The normalized spacial score (nSPS) is 40.0. The summed E-state index contributed by atoms with van der Waals surface area (Å²) in [5.41, 5.74) is 0. The SMILES string of the molecule is CC1OCCC1CNC1CCCCC1C1CCCCC1. The Hall–Kier alpha value is -0.0800. The second-order valence-corrected chi connectivity index (χ2v) is 7.49. The third-order valence-electron chi connectivity index (χ3n) is 6.25. The minimum absolute atomic E-state index is 0.472. The lowest BCUT2D eigenvalue weighted by Gasteiger charge is -2.40. The highest BCUT2D eigenvalue weighted by molar-refractivity contribution is 4.88. The maximum Gasteiger partial charge on any atom is 0.0588 e. The van der Waals surface area contributed by atoms with Gasteiger partial charge in [0.15, 0.2) is 0 Å². The molecule has 2 aliphatic carbocycles. The highest BCUT2D eigenvalue weighted by Crippen LogP contribution is 2.38. The number of nitrogens with one attached hydrogen (secondary N) is 1. The molecule has 2 nitrogen and oxygen atoms in total. The molecule has 2 heteroatoms. The first-order valence-corrected chi connectivity index (χ1v) is 9.19. The highest BCUT2D eigenvalue weighted by Gasteiger charge is 2.33. The Kier molecular flexibility index (Phi) is 5.39. The van der Waals surface area contributed by atoms with E-state index in [1.54, 1.807) is 0 Å². The predicted octanol–water partition coefficient (Wildman–Crippen LogP) is 4.14. The van der Waals surface area contributed by atoms with E-state index in [-0.39, 0.29) is 0 Å². The summed E-state index contributed by atoms with van der Waals surface area (Å²) in [6.45, 7) is 4.41. The molecule has 1 aliphatic heterocycles. The first kappa shape index (κ1) is 14.8. The minimum Gasteiger partial charge on any atom is -0.378 e. The smallest absolute Gasteiger partial charge is 0.0588 e.